The third-order valence-corrected chi connectivity index (χ3v) is 12.7. The van der Waals surface area contributed by atoms with Crippen molar-refractivity contribution in [2.24, 2.45) is 0 Å². The zero-order chi connectivity index (χ0) is 21.7. The van der Waals surface area contributed by atoms with Crippen LogP contribution in [0.15, 0.2) is 35.2 Å². The van der Waals surface area contributed by atoms with Gasteiger partial charge in [-0.25, -0.2) is 8.42 Å². The van der Waals surface area contributed by atoms with Crippen LogP contribution in [0.2, 0.25) is 16.6 Å². The zero-order valence-electron chi connectivity index (χ0n) is 18.3. The van der Waals surface area contributed by atoms with E-state index < -0.39 is 17.9 Å². The highest BCUT2D eigenvalue weighted by molar-refractivity contribution is 7.90. The molecule has 0 radical (unpaired) electrons. The highest BCUT2D eigenvalue weighted by Crippen LogP contribution is 2.40. The number of carbonyl (C=O) groups excluding carboxylic acids is 1. The maximum absolute atomic E-state index is 11.7. The molecule has 0 atom stereocenters. The van der Waals surface area contributed by atoms with E-state index in [2.05, 4.69) is 58.3 Å². The number of nitrogens with one attached hydrogen (secondary N) is 1. The Bertz CT molecular complexity index is 864. The Labute approximate surface area is 171 Å². The van der Waals surface area contributed by atoms with Gasteiger partial charge in [0.15, 0.2) is 9.84 Å². The van der Waals surface area contributed by atoms with Crippen LogP contribution in [0.25, 0.3) is 5.70 Å². The van der Waals surface area contributed by atoms with Crippen LogP contribution in [0, 0.1) is 11.5 Å². The van der Waals surface area contributed by atoms with Gasteiger partial charge in [-0.2, -0.15) is 0 Å². The van der Waals surface area contributed by atoms with E-state index in [0.29, 0.717) is 22.3 Å². The molecular formula is C22H33NO3SSi. The van der Waals surface area contributed by atoms with Gasteiger partial charge >= 0.3 is 0 Å². The molecule has 0 saturated carbocycles. The minimum absolute atomic E-state index is 0.194. The summed E-state index contributed by atoms with van der Waals surface area (Å²) in [6.45, 7) is 15.0. The fourth-order valence-electron chi connectivity index (χ4n) is 3.93. The predicted molar refractivity (Wildman–Crippen MR) is 120 cm³/mol. The summed E-state index contributed by atoms with van der Waals surface area (Å²) in [5, 5.41) is 2.81. The largest absolute Gasteiger partial charge is 0.325 e. The van der Waals surface area contributed by atoms with E-state index in [0.717, 1.165) is 5.56 Å². The fourth-order valence-corrected chi connectivity index (χ4v) is 9.75. The second-order valence-electron chi connectivity index (χ2n) is 8.20. The van der Waals surface area contributed by atoms with Crippen molar-refractivity contribution >= 4 is 29.5 Å². The SMILES string of the molecule is CC(=O)N/C(=C\C#C[Si](C(C)C)(C(C)C)C(C)C)c1ccc(S(C)(=O)=O)cc1. The van der Waals surface area contributed by atoms with Crippen molar-refractivity contribution in [2.45, 2.75) is 70.0 Å². The molecule has 1 aromatic carbocycles. The second kappa shape index (κ2) is 9.57. The summed E-state index contributed by atoms with van der Waals surface area (Å²) in [5.41, 5.74) is 6.47. The molecule has 0 fully saturated rings. The van der Waals surface area contributed by atoms with Crippen molar-refractivity contribution in [3.63, 3.8) is 0 Å². The molecule has 0 saturated heterocycles. The fraction of sp³-hybridized carbons (Fsp3) is 0.500. The molecule has 1 N–H and O–H groups in total. The summed E-state index contributed by atoms with van der Waals surface area (Å²) in [5.74, 6) is 3.04. The molecule has 154 valence electrons. The molecule has 0 aliphatic rings. The summed E-state index contributed by atoms with van der Waals surface area (Å²) in [6, 6.07) is 6.47. The summed E-state index contributed by atoms with van der Waals surface area (Å²) < 4.78 is 23.3. The number of hydrogen-bond acceptors (Lipinski definition) is 3. The van der Waals surface area contributed by atoms with Crippen LogP contribution in [-0.2, 0) is 14.6 Å². The van der Waals surface area contributed by atoms with Crippen LogP contribution < -0.4 is 5.32 Å². The van der Waals surface area contributed by atoms with Gasteiger partial charge in [-0.15, -0.1) is 5.54 Å². The summed E-state index contributed by atoms with van der Waals surface area (Å²) in [7, 11) is -5.13. The average molecular weight is 420 g/mol. The van der Waals surface area contributed by atoms with Crippen LogP contribution in [0.4, 0.5) is 0 Å². The molecular weight excluding hydrogens is 386 g/mol. The molecule has 0 aromatic heterocycles. The van der Waals surface area contributed by atoms with Crippen molar-refractivity contribution in [2.75, 3.05) is 6.26 Å². The maximum atomic E-state index is 11.7. The molecule has 0 bridgehead atoms. The molecule has 1 amide bonds. The van der Waals surface area contributed by atoms with Gasteiger partial charge in [0.25, 0.3) is 0 Å². The number of sulfone groups is 1. The molecule has 0 aliphatic carbocycles. The van der Waals surface area contributed by atoms with E-state index >= 15 is 0 Å². The second-order valence-corrected chi connectivity index (χ2v) is 15.8. The number of hydrogen-bond donors (Lipinski definition) is 1. The number of carbonyl (C=O) groups is 1. The minimum Gasteiger partial charge on any atom is -0.325 e. The lowest BCUT2D eigenvalue weighted by molar-refractivity contribution is -0.117. The highest BCUT2D eigenvalue weighted by atomic mass is 32.2. The Balaban J connectivity index is 3.42. The lowest BCUT2D eigenvalue weighted by atomic mass is 10.1. The molecule has 0 heterocycles. The quantitative estimate of drug-likeness (QED) is 0.533. The number of benzene rings is 1. The highest BCUT2D eigenvalue weighted by Gasteiger charge is 2.41. The Morgan fingerprint density at radius 2 is 1.46 bits per heavy atom. The lowest BCUT2D eigenvalue weighted by Crippen LogP contribution is -2.43. The normalized spacial score (nSPS) is 12.9. The zero-order valence-corrected chi connectivity index (χ0v) is 20.1. The van der Waals surface area contributed by atoms with Gasteiger partial charge in [-0.05, 0) is 34.3 Å². The Hall–Kier alpha value is -1.84. The van der Waals surface area contributed by atoms with Crippen LogP contribution in [0.5, 0.6) is 0 Å². The summed E-state index contributed by atoms with van der Waals surface area (Å²) in [4.78, 5) is 11.9. The Kier molecular flexibility index (Phi) is 8.27. The Morgan fingerprint density at radius 3 is 1.82 bits per heavy atom. The topological polar surface area (TPSA) is 63.2 Å². The number of allylic oxidation sites excluding steroid dienone is 1. The van der Waals surface area contributed by atoms with Crippen LogP contribution >= 0.6 is 0 Å². The van der Waals surface area contributed by atoms with Crippen LogP contribution in [0.3, 0.4) is 0 Å². The maximum Gasteiger partial charge on any atom is 0.221 e. The minimum atomic E-state index is -3.26. The van der Waals surface area contributed by atoms with Crippen LogP contribution in [-0.4, -0.2) is 28.7 Å². The average Bonchev–Trinajstić information content (AvgIpc) is 2.55. The van der Waals surface area contributed by atoms with E-state index in [-0.39, 0.29) is 10.8 Å². The molecule has 0 aliphatic heterocycles. The smallest absolute Gasteiger partial charge is 0.221 e. The third-order valence-electron chi connectivity index (χ3n) is 5.28. The standard InChI is InChI=1S/C22H33NO3SSi/c1-16(2)28(17(3)4,18(5)6)15-9-10-22(23-19(7)24)20-11-13-21(14-12-20)27(8,25)26/h10-14,16-18H,1-8H3,(H,23,24)/b22-10-. The first-order chi connectivity index (χ1) is 12.8. The summed E-state index contributed by atoms with van der Waals surface area (Å²) >= 11 is 0. The van der Waals surface area contributed by atoms with Gasteiger partial charge < -0.3 is 5.32 Å². The first kappa shape index (κ1) is 24.2. The van der Waals surface area contributed by atoms with E-state index in [9.17, 15) is 13.2 Å². The van der Waals surface area contributed by atoms with Gasteiger partial charge in [-0.3, -0.25) is 4.79 Å². The van der Waals surface area contributed by atoms with Gasteiger partial charge in [-0.1, -0.05) is 59.6 Å². The number of amides is 1. The van der Waals surface area contributed by atoms with E-state index in [1.807, 2.05) is 0 Å². The van der Waals surface area contributed by atoms with Crippen molar-refractivity contribution in [1.29, 1.82) is 0 Å². The van der Waals surface area contributed by atoms with Gasteiger partial charge in [0.2, 0.25) is 5.91 Å². The summed E-state index contributed by atoms with van der Waals surface area (Å²) in [6.07, 6.45) is 2.91. The molecule has 1 rings (SSSR count). The van der Waals surface area contributed by atoms with E-state index in [1.165, 1.54) is 13.2 Å². The monoisotopic (exact) mass is 419 g/mol. The Morgan fingerprint density at radius 1 is 1.00 bits per heavy atom. The van der Waals surface area contributed by atoms with Crippen LogP contribution in [0.1, 0.15) is 54.0 Å². The third kappa shape index (κ3) is 5.83. The first-order valence-corrected chi connectivity index (χ1v) is 13.8. The van der Waals surface area contributed by atoms with Crippen molar-refractivity contribution in [3.8, 4) is 11.5 Å². The number of rotatable bonds is 6. The van der Waals surface area contributed by atoms with Gasteiger partial charge in [0.05, 0.1) is 10.6 Å². The molecule has 0 spiro atoms. The lowest BCUT2D eigenvalue weighted by Gasteiger charge is -2.38. The van der Waals surface area contributed by atoms with E-state index in [4.69, 9.17) is 0 Å². The predicted octanol–water partition coefficient (Wildman–Crippen LogP) is 4.79. The molecule has 0 unspecified atom stereocenters. The van der Waals surface area contributed by atoms with Crippen molar-refractivity contribution in [1.82, 2.24) is 5.32 Å². The van der Waals surface area contributed by atoms with Gasteiger partial charge in [0, 0.05) is 19.3 Å². The van der Waals surface area contributed by atoms with E-state index in [1.54, 1.807) is 30.3 Å². The molecule has 6 heteroatoms. The molecule has 28 heavy (non-hydrogen) atoms. The first-order valence-electron chi connectivity index (χ1n) is 9.63. The molecule has 4 nitrogen and oxygen atoms in total. The van der Waals surface area contributed by atoms with Crippen molar-refractivity contribution < 1.29 is 13.2 Å². The molecule has 1 aromatic rings. The van der Waals surface area contributed by atoms with Crippen molar-refractivity contribution in [3.05, 3.63) is 35.9 Å². The van der Waals surface area contributed by atoms with Gasteiger partial charge in [0.1, 0.15) is 8.07 Å².